The number of para-hydroxylation sites is 1. The van der Waals surface area contributed by atoms with Crippen LogP contribution in [0.1, 0.15) is 25.8 Å². The first-order valence-corrected chi connectivity index (χ1v) is 9.23. The third kappa shape index (κ3) is 3.36. The Labute approximate surface area is 167 Å². The number of hydrogen-bond acceptors (Lipinski definition) is 3. The predicted molar refractivity (Wildman–Crippen MR) is 106 cm³/mol. The fourth-order valence-electron chi connectivity index (χ4n) is 2.91. The number of urea groups is 1. The predicted octanol–water partition coefficient (Wildman–Crippen LogP) is 4.11. The van der Waals surface area contributed by atoms with E-state index in [9.17, 15) is 14.7 Å². The topological polar surface area (TPSA) is 81.7 Å². The van der Waals surface area contributed by atoms with Gasteiger partial charge in [0, 0.05) is 11.6 Å². The molecule has 27 heavy (non-hydrogen) atoms. The van der Waals surface area contributed by atoms with Crippen LogP contribution in [0.15, 0.2) is 42.5 Å². The van der Waals surface area contributed by atoms with Gasteiger partial charge in [-0.1, -0.05) is 48.3 Å². The maximum absolute atomic E-state index is 13.1. The van der Waals surface area contributed by atoms with Gasteiger partial charge in [0.15, 0.2) is 0 Å². The molecular weight excluding hydrogens is 389 g/mol. The summed E-state index contributed by atoms with van der Waals surface area (Å²) in [4.78, 5) is 26.9. The van der Waals surface area contributed by atoms with Gasteiger partial charge in [0.05, 0.1) is 21.4 Å². The van der Waals surface area contributed by atoms with Crippen molar-refractivity contribution in [2.24, 2.45) is 0 Å². The monoisotopic (exact) mass is 407 g/mol. The van der Waals surface area contributed by atoms with Crippen molar-refractivity contribution in [3.63, 3.8) is 0 Å². The third-order valence-electron chi connectivity index (χ3n) is 4.54. The van der Waals surface area contributed by atoms with Gasteiger partial charge >= 0.3 is 6.03 Å². The van der Waals surface area contributed by atoms with Crippen molar-refractivity contribution in [2.45, 2.75) is 32.0 Å². The summed E-state index contributed by atoms with van der Waals surface area (Å²) in [5.41, 5.74) is -1.39. The van der Waals surface area contributed by atoms with E-state index in [1.165, 1.54) is 18.2 Å². The fraction of sp³-hybridized carbons (Fsp3) is 0.263. The summed E-state index contributed by atoms with van der Waals surface area (Å²) in [6, 6.07) is 10.2. The number of anilines is 2. The minimum Gasteiger partial charge on any atom is -0.359 e. The molecule has 142 valence electrons. The van der Waals surface area contributed by atoms with Gasteiger partial charge in [-0.15, -0.1) is 0 Å². The van der Waals surface area contributed by atoms with Gasteiger partial charge in [-0.05, 0) is 37.6 Å². The molecule has 1 aliphatic heterocycles. The van der Waals surface area contributed by atoms with E-state index in [2.05, 4.69) is 10.6 Å². The van der Waals surface area contributed by atoms with Gasteiger partial charge in [-0.2, -0.15) is 0 Å². The molecule has 3 rings (SSSR count). The quantitative estimate of drug-likeness (QED) is 0.713. The largest absolute Gasteiger partial charge is 0.359 e. The molecule has 3 N–H and O–H groups in total. The highest BCUT2D eigenvalue weighted by atomic mass is 35.5. The Kier molecular flexibility index (Phi) is 5.33. The second-order valence-electron chi connectivity index (χ2n) is 6.36. The minimum absolute atomic E-state index is 0.186. The van der Waals surface area contributed by atoms with E-state index in [1.807, 2.05) is 13.8 Å². The highest BCUT2D eigenvalue weighted by Gasteiger charge is 2.52. The molecule has 2 aromatic carbocycles. The summed E-state index contributed by atoms with van der Waals surface area (Å²) in [6.45, 7) is 3.73. The first-order chi connectivity index (χ1) is 12.8. The van der Waals surface area contributed by atoms with E-state index in [-0.39, 0.29) is 22.3 Å². The van der Waals surface area contributed by atoms with Crippen LogP contribution in [0.5, 0.6) is 0 Å². The molecule has 0 bridgehead atoms. The Morgan fingerprint density at radius 2 is 1.96 bits per heavy atom. The number of fused-ring (bicyclic) bond motifs is 1. The molecule has 3 amide bonds. The number of carbonyl (C=O) groups is 2. The van der Waals surface area contributed by atoms with Crippen molar-refractivity contribution in [3.8, 4) is 0 Å². The normalized spacial score (nSPS) is 19.9. The number of aliphatic hydroxyl groups is 1. The van der Waals surface area contributed by atoms with Crippen LogP contribution >= 0.6 is 23.2 Å². The lowest BCUT2D eigenvalue weighted by molar-refractivity contribution is -0.140. The first kappa shape index (κ1) is 19.5. The number of hydrogen-bond donors (Lipinski definition) is 3. The van der Waals surface area contributed by atoms with Crippen LogP contribution in [-0.2, 0) is 10.5 Å². The molecule has 8 heteroatoms. The number of amides is 3. The number of halogens is 2. The molecule has 1 heterocycles. The molecule has 0 saturated carbocycles. The minimum atomic E-state index is -2.25. The van der Waals surface area contributed by atoms with E-state index in [1.54, 1.807) is 24.3 Å². The lowest BCUT2D eigenvalue weighted by Gasteiger charge is -2.43. The fourth-order valence-corrected chi connectivity index (χ4v) is 3.21. The van der Waals surface area contributed by atoms with Gasteiger partial charge in [-0.25, -0.2) is 4.79 Å². The average Bonchev–Trinajstić information content (AvgIpc) is 2.64. The Hall–Kier alpha value is -2.28. The summed E-state index contributed by atoms with van der Waals surface area (Å²) >= 11 is 12.1. The summed E-state index contributed by atoms with van der Waals surface area (Å²) in [5, 5.41) is 17.5. The van der Waals surface area contributed by atoms with Crippen LogP contribution < -0.4 is 15.5 Å². The standard InChI is InChI=1S/C19H19Cl2N3O3/c1-3-11(2)22-17(25)19(27)13-6-4-5-7-16(13)23-18(26)24(19)12-8-9-14(20)15(21)10-12/h4-11,27H,3H2,1-2H3,(H,22,25)(H,23,26)/t11-,19-/m0/s1. The SMILES string of the molecule is CC[C@H](C)NC(=O)[C@@]1(O)c2ccccc2NC(=O)N1c1ccc(Cl)c(Cl)c1. The molecule has 0 fully saturated rings. The Balaban J connectivity index is 2.18. The number of nitrogens with zero attached hydrogens (tertiary/aromatic N) is 1. The highest BCUT2D eigenvalue weighted by molar-refractivity contribution is 6.42. The molecule has 6 nitrogen and oxygen atoms in total. The van der Waals surface area contributed by atoms with Gasteiger partial charge in [0.1, 0.15) is 0 Å². The molecule has 0 radical (unpaired) electrons. The molecule has 0 aromatic heterocycles. The van der Waals surface area contributed by atoms with E-state index in [0.29, 0.717) is 17.1 Å². The van der Waals surface area contributed by atoms with Gasteiger partial charge in [0.25, 0.3) is 11.6 Å². The molecule has 0 aliphatic carbocycles. The number of rotatable bonds is 4. The van der Waals surface area contributed by atoms with Crippen LogP contribution in [0.3, 0.4) is 0 Å². The van der Waals surface area contributed by atoms with Crippen molar-refractivity contribution in [1.82, 2.24) is 5.32 Å². The molecule has 0 spiro atoms. The average molecular weight is 408 g/mol. The van der Waals surface area contributed by atoms with Crippen LogP contribution in [0.2, 0.25) is 10.0 Å². The van der Waals surface area contributed by atoms with Crippen molar-refractivity contribution in [1.29, 1.82) is 0 Å². The number of carbonyl (C=O) groups excluding carboxylic acids is 2. The zero-order valence-electron chi connectivity index (χ0n) is 14.8. The van der Waals surface area contributed by atoms with Crippen molar-refractivity contribution in [3.05, 3.63) is 58.1 Å². The van der Waals surface area contributed by atoms with E-state index >= 15 is 0 Å². The molecule has 2 atom stereocenters. The zero-order valence-corrected chi connectivity index (χ0v) is 16.3. The van der Waals surface area contributed by atoms with Crippen molar-refractivity contribution >= 4 is 46.5 Å². The lowest BCUT2D eigenvalue weighted by Crippen LogP contribution is -2.63. The summed E-state index contributed by atoms with van der Waals surface area (Å²) in [7, 11) is 0. The van der Waals surface area contributed by atoms with Gasteiger partial charge in [-0.3, -0.25) is 9.69 Å². The first-order valence-electron chi connectivity index (χ1n) is 8.48. The number of benzene rings is 2. The third-order valence-corrected chi connectivity index (χ3v) is 5.28. The molecule has 0 saturated heterocycles. The molecular formula is C19H19Cl2N3O3. The van der Waals surface area contributed by atoms with E-state index in [0.717, 1.165) is 4.90 Å². The van der Waals surface area contributed by atoms with Crippen LogP contribution in [0, 0.1) is 0 Å². The van der Waals surface area contributed by atoms with Gasteiger partial charge < -0.3 is 15.7 Å². The van der Waals surface area contributed by atoms with Crippen LogP contribution in [0.25, 0.3) is 0 Å². The van der Waals surface area contributed by atoms with Crippen LogP contribution in [-0.4, -0.2) is 23.1 Å². The summed E-state index contributed by atoms with van der Waals surface area (Å²) in [5.74, 6) is -0.703. The maximum atomic E-state index is 13.1. The zero-order chi connectivity index (χ0) is 19.8. The second kappa shape index (κ2) is 7.38. The molecule has 2 aromatic rings. The van der Waals surface area contributed by atoms with E-state index in [4.69, 9.17) is 23.2 Å². The lowest BCUT2D eigenvalue weighted by atomic mass is 9.94. The van der Waals surface area contributed by atoms with Crippen LogP contribution in [0.4, 0.5) is 16.2 Å². The molecule has 0 unspecified atom stereocenters. The van der Waals surface area contributed by atoms with Gasteiger partial charge in [0.2, 0.25) is 0 Å². The maximum Gasteiger partial charge on any atom is 0.329 e. The van der Waals surface area contributed by atoms with Crippen molar-refractivity contribution < 1.29 is 14.7 Å². The van der Waals surface area contributed by atoms with E-state index < -0.39 is 17.7 Å². The molecule has 1 aliphatic rings. The Bertz CT molecular complexity index is 906. The smallest absolute Gasteiger partial charge is 0.329 e. The number of nitrogens with one attached hydrogen (secondary N) is 2. The Morgan fingerprint density at radius 3 is 2.63 bits per heavy atom. The summed E-state index contributed by atoms with van der Waals surface area (Å²) < 4.78 is 0. The Morgan fingerprint density at radius 1 is 1.26 bits per heavy atom. The second-order valence-corrected chi connectivity index (χ2v) is 7.18. The summed E-state index contributed by atoms with van der Waals surface area (Å²) in [6.07, 6.45) is 0.669. The van der Waals surface area contributed by atoms with Crippen molar-refractivity contribution in [2.75, 3.05) is 10.2 Å². The highest BCUT2D eigenvalue weighted by Crippen LogP contribution is 2.41.